The summed E-state index contributed by atoms with van der Waals surface area (Å²) in [5, 5.41) is 7.34. The van der Waals surface area contributed by atoms with Gasteiger partial charge >= 0.3 is 0 Å². The van der Waals surface area contributed by atoms with Gasteiger partial charge < -0.3 is 4.52 Å². The highest BCUT2D eigenvalue weighted by atomic mass is 16.5. The molecule has 0 saturated heterocycles. The average Bonchev–Trinajstić information content (AvgIpc) is 2.49. The van der Waals surface area contributed by atoms with Gasteiger partial charge in [0.25, 0.3) is 0 Å². The summed E-state index contributed by atoms with van der Waals surface area (Å²) in [6, 6.07) is 1.77. The molecular formula is C8H9N3O. The van der Waals surface area contributed by atoms with E-state index < -0.39 is 0 Å². The topological polar surface area (TPSA) is 51.8 Å². The Morgan fingerprint density at radius 3 is 3.00 bits per heavy atom. The molecule has 0 fully saturated rings. The van der Waals surface area contributed by atoms with E-state index in [1.807, 2.05) is 0 Å². The Labute approximate surface area is 69.6 Å². The molecule has 12 heavy (non-hydrogen) atoms. The van der Waals surface area contributed by atoms with Crippen LogP contribution in [0.25, 0.3) is 11.1 Å². The molecular weight excluding hydrogens is 154 g/mol. The second-order valence-corrected chi connectivity index (χ2v) is 2.97. The summed E-state index contributed by atoms with van der Waals surface area (Å²) >= 11 is 0. The maximum absolute atomic E-state index is 4.91. The fraction of sp³-hybridized carbons (Fsp3) is 0.375. The molecule has 0 amide bonds. The van der Waals surface area contributed by atoms with Crippen molar-refractivity contribution in [1.29, 1.82) is 0 Å². The summed E-state index contributed by atoms with van der Waals surface area (Å²) in [5.74, 6) is 0.348. The summed E-state index contributed by atoms with van der Waals surface area (Å²) in [5.41, 5.74) is 2.41. The van der Waals surface area contributed by atoms with Crippen LogP contribution in [0.15, 0.2) is 16.8 Å². The van der Waals surface area contributed by atoms with Crippen LogP contribution in [-0.4, -0.2) is 15.4 Å². The lowest BCUT2D eigenvalue weighted by Gasteiger charge is -2.01. The maximum atomic E-state index is 4.91. The minimum absolute atomic E-state index is 0.348. The third-order valence-corrected chi connectivity index (χ3v) is 1.74. The van der Waals surface area contributed by atoms with E-state index in [2.05, 4.69) is 29.2 Å². The normalized spacial score (nSPS) is 11.2. The van der Waals surface area contributed by atoms with Crippen LogP contribution in [0, 0.1) is 0 Å². The zero-order valence-electron chi connectivity index (χ0n) is 6.98. The van der Waals surface area contributed by atoms with Crippen LogP contribution in [0.1, 0.15) is 25.5 Å². The van der Waals surface area contributed by atoms with Crippen molar-refractivity contribution < 1.29 is 4.52 Å². The minimum atomic E-state index is 0.348. The summed E-state index contributed by atoms with van der Waals surface area (Å²) in [6.45, 7) is 4.13. The Morgan fingerprint density at radius 2 is 2.25 bits per heavy atom. The number of hydrogen-bond donors (Lipinski definition) is 0. The van der Waals surface area contributed by atoms with Crippen LogP contribution in [-0.2, 0) is 0 Å². The molecule has 4 heteroatoms. The van der Waals surface area contributed by atoms with Gasteiger partial charge in [0.05, 0.1) is 5.69 Å². The van der Waals surface area contributed by atoms with E-state index in [4.69, 9.17) is 4.52 Å². The summed E-state index contributed by atoms with van der Waals surface area (Å²) in [6.07, 6.45) is 1.71. The first-order valence-corrected chi connectivity index (χ1v) is 3.86. The van der Waals surface area contributed by atoms with Crippen LogP contribution in [0.4, 0.5) is 0 Å². The lowest BCUT2D eigenvalue weighted by molar-refractivity contribution is 0.424. The van der Waals surface area contributed by atoms with Crippen molar-refractivity contribution in [3.63, 3.8) is 0 Å². The van der Waals surface area contributed by atoms with Crippen molar-refractivity contribution in [1.82, 2.24) is 15.4 Å². The second kappa shape index (κ2) is 2.55. The number of rotatable bonds is 1. The van der Waals surface area contributed by atoms with Crippen LogP contribution < -0.4 is 0 Å². The van der Waals surface area contributed by atoms with Crippen LogP contribution in [0.3, 0.4) is 0 Å². The summed E-state index contributed by atoms with van der Waals surface area (Å²) in [7, 11) is 0. The van der Waals surface area contributed by atoms with E-state index in [1.165, 1.54) is 0 Å². The number of pyridine rings is 1. The molecule has 4 nitrogen and oxygen atoms in total. The molecule has 2 heterocycles. The highest BCUT2D eigenvalue weighted by Crippen LogP contribution is 2.19. The standard InChI is InChI=1S/C8H9N3O/c1-5(2)7-8-6(3-4-9-7)12-11-10-8/h3-5H,1-2H3. The minimum Gasteiger partial charge on any atom is -0.337 e. The molecule has 0 spiro atoms. The molecule has 62 valence electrons. The Bertz CT molecular complexity index is 394. The molecule has 0 atom stereocenters. The van der Waals surface area contributed by atoms with Gasteiger partial charge in [0, 0.05) is 17.5 Å². The van der Waals surface area contributed by atoms with Crippen LogP contribution in [0.5, 0.6) is 0 Å². The molecule has 2 rings (SSSR count). The first-order chi connectivity index (χ1) is 5.79. The molecule has 0 bridgehead atoms. The van der Waals surface area contributed by atoms with E-state index in [0.717, 1.165) is 11.2 Å². The predicted octanol–water partition coefficient (Wildman–Crippen LogP) is 1.74. The Kier molecular flexibility index (Phi) is 1.53. The fourth-order valence-electron chi connectivity index (χ4n) is 1.15. The van der Waals surface area contributed by atoms with Crippen molar-refractivity contribution >= 4 is 11.1 Å². The maximum Gasteiger partial charge on any atom is 0.190 e. The third kappa shape index (κ3) is 0.958. The molecule has 0 aromatic carbocycles. The van der Waals surface area contributed by atoms with Crippen molar-refractivity contribution in [3.8, 4) is 0 Å². The van der Waals surface area contributed by atoms with Gasteiger partial charge in [-0.3, -0.25) is 4.98 Å². The van der Waals surface area contributed by atoms with E-state index in [9.17, 15) is 0 Å². The average molecular weight is 163 g/mol. The fourth-order valence-corrected chi connectivity index (χ4v) is 1.15. The Hall–Kier alpha value is -1.45. The molecule has 0 aliphatic rings. The number of fused-ring (bicyclic) bond motifs is 1. The van der Waals surface area contributed by atoms with E-state index in [1.54, 1.807) is 12.3 Å². The molecule has 2 aromatic rings. The molecule has 0 N–H and O–H groups in total. The molecule has 2 aromatic heterocycles. The van der Waals surface area contributed by atoms with Crippen molar-refractivity contribution in [2.24, 2.45) is 0 Å². The van der Waals surface area contributed by atoms with Gasteiger partial charge in [0.1, 0.15) is 0 Å². The Morgan fingerprint density at radius 1 is 1.42 bits per heavy atom. The van der Waals surface area contributed by atoms with Gasteiger partial charge in [-0.1, -0.05) is 13.8 Å². The molecule has 0 unspecified atom stereocenters. The van der Waals surface area contributed by atoms with Crippen molar-refractivity contribution in [3.05, 3.63) is 18.0 Å². The van der Waals surface area contributed by atoms with Crippen molar-refractivity contribution in [2.75, 3.05) is 0 Å². The quantitative estimate of drug-likeness (QED) is 0.642. The molecule has 0 aliphatic carbocycles. The van der Waals surface area contributed by atoms with Gasteiger partial charge in [-0.15, -0.1) is 5.10 Å². The molecule has 0 saturated carbocycles. The first kappa shape index (κ1) is 7.21. The SMILES string of the molecule is CC(C)c1nccc2onnc12. The van der Waals surface area contributed by atoms with E-state index in [0.29, 0.717) is 11.5 Å². The van der Waals surface area contributed by atoms with Gasteiger partial charge in [0.15, 0.2) is 11.1 Å². The van der Waals surface area contributed by atoms with E-state index in [-0.39, 0.29) is 0 Å². The number of hydrogen-bond acceptors (Lipinski definition) is 4. The zero-order chi connectivity index (χ0) is 8.55. The lowest BCUT2D eigenvalue weighted by Crippen LogP contribution is -1.92. The van der Waals surface area contributed by atoms with Gasteiger partial charge in [0.2, 0.25) is 0 Å². The largest absolute Gasteiger partial charge is 0.337 e. The number of nitrogens with zero attached hydrogens (tertiary/aromatic N) is 3. The third-order valence-electron chi connectivity index (χ3n) is 1.74. The highest BCUT2D eigenvalue weighted by Gasteiger charge is 2.10. The first-order valence-electron chi connectivity index (χ1n) is 3.86. The number of aromatic nitrogens is 3. The van der Waals surface area contributed by atoms with Crippen molar-refractivity contribution in [2.45, 2.75) is 19.8 Å². The summed E-state index contributed by atoms with van der Waals surface area (Å²) < 4.78 is 4.91. The van der Waals surface area contributed by atoms with Crippen LogP contribution >= 0.6 is 0 Å². The zero-order valence-corrected chi connectivity index (χ0v) is 6.98. The van der Waals surface area contributed by atoms with Crippen LogP contribution in [0.2, 0.25) is 0 Å². The van der Waals surface area contributed by atoms with Gasteiger partial charge in [-0.2, -0.15) is 0 Å². The van der Waals surface area contributed by atoms with Gasteiger partial charge in [-0.05, 0) is 5.92 Å². The summed E-state index contributed by atoms with van der Waals surface area (Å²) in [4.78, 5) is 4.22. The monoisotopic (exact) mass is 163 g/mol. The molecule has 0 radical (unpaired) electrons. The highest BCUT2D eigenvalue weighted by molar-refractivity contribution is 5.73. The Balaban J connectivity index is 2.73. The smallest absolute Gasteiger partial charge is 0.190 e. The predicted molar refractivity (Wildman–Crippen MR) is 43.7 cm³/mol. The second-order valence-electron chi connectivity index (χ2n) is 2.97. The van der Waals surface area contributed by atoms with Gasteiger partial charge in [-0.25, -0.2) is 0 Å². The lowest BCUT2D eigenvalue weighted by atomic mass is 10.1. The molecule has 0 aliphatic heterocycles. The van der Waals surface area contributed by atoms with E-state index >= 15 is 0 Å².